The molecule has 2 atom stereocenters. The molecule has 1 aliphatic carbocycles. The molecule has 1 fully saturated rings. The van der Waals surface area contributed by atoms with Crippen LogP contribution in [-0.2, 0) is 11.4 Å². The van der Waals surface area contributed by atoms with E-state index in [1.807, 2.05) is 31.2 Å². The molecule has 0 saturated heterocycles. The highest BCUT2D eigenvalue weighted by atomic mass is 16.5. The average Bonchev–Trinajstić information content (AvgIpc) is 2.48. The fraction of sp³-hybridized carbons (Fsp3) is 0.562. The SMILES string of the molecule is CCNC1(C(N)=O)CCCC(Oc2ccc(CO)cc2)C1. The molecule has 2 rings (SSSR count). The number of carbonyl (C=O) groups excluding carboxylic acids is 1. The van der Waals surface area contributed by atoms with Gasteiger partial charge in [-0.2, -0.15) is 0 Å². The maximum atomic E-state index is 11.8. The minimum atomic E-state index is -0.650. The van der Waals surface area contributed by atoms with Gasteiger partial charge in [-0.05, 0) is 43.5 Å². The van der Waals surface area contributed by atoms with Crippen molar-refractivity contribution in [2.45, 2.75) is 50.9 Å². The third-order valence-electron chi connectivity index (χ3n) is 4.10. The van der Waals surface area contributed by atoms with Crippen molar-refractivity contribution < 1.29 is 14.6 Å². The summed E-state index contributed by atoms with van der Waals surface area (Å²) in [5, 5.41) is 12.3. The summed E-state index contributed by atoms with van der Waals surface area (Å²) in [6.45, 7) is 2.71. The van der Waals surface area contributed by atoms with Gasteiger partial charge in [-0.25, -0.2) is 0 Å². The number of aliphatic hydroxyl groups is 1. The molecule has 1 saturated carbocycles. The van der Waals surface area contributed by atoms with Gasteiger partial charge in [0, 0.05) is 6.42 Å². The molecule has 0 radical (unpaired) electrons. The van der Waals surface area contributed by atoms with Crippen LogP contribution in [0.1, 0.15) is 38.2 Å². The number of primary amides is 1. The molecule has 21 heavy (non-hydrogen) atoms. The lowest BCUT2D eigenvalue weighted by molar-refractivity contribution is -0.127. The number of hydrogen-bond donors (Lipinski definition) is 3. The molecule has 1 aliphatic rings. The third-order valence-corrected chi connectivity index (χ3v) is 4.10. The molecule has 5 heteroatoms. The van der Waals surface area contributed by atoms with E-state index >= 15 is 0 Å². The van der Waals surface area contributed by atoms with E-state index in [4.69, 9.17) is 15.6 Å². The minimum absolute atomic E-state index is 0.0227. The van der Waals surface area contributed by atoms with Gasteiger partial charge in [0.05, 0.1) is 6.61 Å². The number of nitrogens with two attached hydrogens (primary N) is 1. The van der Waals surface area contributed by atoms with Crippen LogP contribution in [0.15, 0.2) is 24.3 Å². The Labute approximate surface area is 125 Å². The molecule has 0 bridgehead atoms. The summed E-state index contributed by atoms with van der Waals surface area (Å²) in [5.74, 6) is 0.460. The highest BCUT2D eigenvalue weighted by molar-refractivity contribution is 5.84. The lowest BCUT2D eigenvalue weighted by Gasteiger charge is -2.39. The first-order valence-corrected chi connectivity index (χ1v) is 7.51. The molecule has 1 aromatic carbocycles. The van der Waals surface area contributed by atoms with E-state index in [0.717, 1.165) is 30.6 Å². The van der Waals surface area contributed by atoms with Crippen LogP contribution in [-0.4, -0.2) is 29.2 Å². The lowest BCUT2D eigenvalue weighted by atomic mass is 9.79. The van der Waals surface area contributed by atoms with Crippen LogP contribution in [0, 0.1) is 0 Å². The van der Waals surface area contributed by atoms with Gasteiger partial charge >= 0.3 is 0 Å². The number of amides is 1. The topological polar surface area (TPSA) is 84.6 Å². The summed E-state index contributed by atoms with van der Waals surface area (Å²) in [6, 6.07) is 7.37. The van der Waals surface area contributed by atoms with E-state index in [2.05, 4.69) is 5.32 Å². The minimum Gasteiger partial charge on any atom is -0.490 e. The smallest absolute Gasteiger partial charge is 0.237 e. The van der Waals surface area contributed by atoms with Crippen molar-refractivity contribution >= 4 is 5.91 Å². The molecule has 116 valence electrons. The Morgan fingerprint density at radius 2 is 2.19 bits per heavy atom. The number of rotatable bonds is 6. The Hall–Kier alpha value is -1.59. The van der Waals surface area contributed by atoms with Crippen LogP contribution in [0.25, 0.3) is 0 Å². The summed E-state index contributed by atoms with van der Waals surface area (Å²) >= 11 is 0. The molecule has 5 nitrogen and oxygen atoms in total. The van der Waals surface area contributed by atoms with Gasteiger partial charge in [-0.3, -0.25) is 4.79 Å². The fourth-order valence-corrected chi connectivity index (χ4v) is 3.00. The second-order valence-electron chi connectivity index (χ2n) is 5.61. The summed E-state index contributed by atoms with van der Waals surface area (Å²) < 4.78 is 5.98. The van der Waals surface area contributed by atoms with Crippen LogP contribution in [0.4, 0.5) is 0 Å². The zero-order chi connectivity index (χ0) is 15.3. The monoisotopic (exact) mass is 292 g/mol. The number of aliphatic hydroxyl groups excluding tert-OH is 1. The highest BCUT2D eigenvalue weighted by Gasteiger charge is 2.41. The van der Waals surface area contributed by atoms with Crippen LogP contribution < -0.4 is 15.8 Å². The number of likely N-dealkylation sites (N-methyl/N-ethyl adjacent to an activating group) is 1. The molecule has 1 aromatic rings. The quantitative estimate of drug-likeness (QED) is 0.738. The predicted molar refractivity (Wildman–Crippen MR) is 80.9 cm³/mol. The normalized spacial score (nSPS) is 25.5. The van der Waals surface area contributed by atoms with E-state index in [9.17, 15) is 4.79 Å². The van der Waals surface area contributed by atoms with Gasteiger partial charge in [0.25, 0.3) is 0 Å². The van der Waals surface area contributed by atoms with Crippen molar-refractivity contribution in [1.82, 2.24) is 5.32 Å². The standard InChI is InChI=1S/C16H24N2O3/c1-2-18-16(15(17)20)9-3-4-14(10-16)21-13-7-5-12(11-19)6-8-13/h5-8,14,18-19H,2-4,9-11H2,1H3,(H2,17,20). The number of nitrogens with one attached hydrogen (secondary N) is 1. The average molecular weight is 292 g/mol. The predicted octanol–water partition coefficient (Wildman–Crippen LogP) is 1.33. The summed E-state index contributed by atoms with van der Waals surface area (Å²) in [5.41, 5.74) is 5.80. The van der Waals surface area contributed by atoms with Crippen LogP contribution in [0.5, 0.6) is 5.75 Å². The molecule has 0 aromatic heterocycles. The Kier molecular flexibility index (Phi) is 5.20. The van der Waals surface area contributed by atoms with E-state index in [1.165, 1.54) is 0 Å². The Bertz CT molecular complexity index is 471. The first kappa shape index (κ1) is 15.8. The van der Waals surface area contributed by atoms with Crippen molar-refractivity contribution in [3.8, 4) is 5.75 Å². The van der Waals surface area contributed by atoms with E-state index in [0.29, 0.717) is 13.0 Å². The fourth-order valence-electron chi connectivity index (χ4n) is 3.00. The summed E-state index contributed by atoms with van der Waals surface area (Å²) in [7, 11) is 0. The van der Waals surface area contributed by atoms with Crippen molar-refractivity contribution in [3.63, 3.8) is 0 Å². The molecule has 0 spiro atoms. The largest absolute Gasteiger partial charge is 0.490 e. The Balaban J connectivity index is 2.04. The van der Waals surface area contributed by atoms with Crippen LogP contribution in [0.2, 0.25) is 0 Å². The second kappa shape index (κ2) is 6.91. The first-order chi connectivity index (χ1) is 10.1. The van der Waals surface area contributed by atoms with Crippen LogP contribution in [0.3, 0.4) is 0 Å². The number of carbonyl (C=O) groups is 1. The second-order valence-corrected chi connectivity index (χ2v) is 5.61. The Morgan fingerprint density at radius 1 is 1.48 bits per heavy atom. The number of benzene rings is 1. The highest BCUT2D eigenvalue weighted by Crippen LogP contribution is 2.31. The Morgan fingerprint density at radius 3 is 2.76 bits per heavy atom. The van der Waals surface area contributed by atoms with Crippen molar-refractivity contribution in [3.05, 3.63) is 29.8 Å². The van der Waals surface area contributed by atoms with E-state index in [-0.39, 0.29) is 18.6 Å². The van der Waals surface area contributed by atoms with Gasteiger partial charge in [0.15, 0.2) is 0 Å². The zero-order valence-corrected chi connectivity index (χ0v) is 12.5. The molecular formula is C16H24N2O3. The van der Waals surface area contributed by atoms with Crippen LogP contribution >= 0.6 is 0 Å². The van der Waals surface area contributed by atoms with Gasteiger partial charge in [-0.1, -0.05) is 19.1 Å². The number of hydrogen-bond acceptors (Lipinski definition) is 4. The van der Waals surface area contributed by atoms with Crippen molar-refractivity contribution in [2.24, 2.45) is 5.73 Å². The van der Waals surface area contributed by atoms with Gasteiger partial charge in [0.1, 0.15) is 17.4 Å². The summed E-state index contributed by atoms with van der Waals surface area (Å²) in [4.78, 5) is 11.8. The first-order valence-electron chi connectivity index (χ1n) is 7.51. The van der Waals surface area contributed by atoms with Crippen molar-refractivity contribution in [1.29, 1.82) is 0 Å². The molecule has 2 unspecified atom stereocenters. The zero-order valence-electron chi connectivity index (χ0n) is 12.5. The molecule has 0 aliphatic heterocycles. The molecule has 0 heterocycles. The van der Waals surface area contributed by atoms with E-state index < -0.39 is 5.54 Å². The number of ether oxygens (including phenoxy) is 1. The van der Waals surface area contributed by atoms with Gasteiger partial charge < -0.3 is 20.9 Å². The lowest BCUT2D eigenvalue weighted by Crippen LogP contribution is -2.59. The third kappa shape index (κ3) is 3.74. The van der Waals surface area contributed by atoms with Crippen molar-refractivity contribution in [2.75, 3.05) is 6.54 Å². The molecule has 4 N–H and O–H groups in total. The van der Waals surface area contributed by atoms with Gasteiger partial charge in [0.2, 0.25) is 5.91 Å². The van der Waals surface area contributed by atoms with Gasteiger partial charge in [-0.15, -0.1) is 0 Å². The maximum absolute atomic E-state index is 11.8. The summed E-state index contributed by atoms with van der Waals surface area (Å²) in [6.07, 6.45) is 3.17. The maximum Gasteiger partial charge on any atom is 0.237 e. The van der Waals surface area contributed by atoms with E-state index in [1.54, 1.807) is 0 Å². The molecular weight excluding hydrogens is 268 g/mol. The molecule has 1 amide bonds.